The molecular weight excluding hydrogens is 216 g/mol. The number of carbonyl (C=O) groups excluding carboxylic acids is 1. The number of rotatable bonds is 2. The Bertz CT molecular complexity index is 500. The summed E-state index contributed by atoms with van der Waals surface area (Å²) in [5, 5.41) is 19.2. The van der Waals surface area contributed by atoms with Crippen LogP contribution in [0.1, 0.15) is 11.1 Å². The second-order valence-corrected chi connectivity index (χ2v) is 2.77. The highest BCUT2D eigenvalue weighted by Gasteiger charge is 2.15. The van der Waals surface area contributed by atoms with E-state index in [0.29, 0.717) is 0 Å². The summed E-state index contributed by atoms with van der Waals surface area (Å²) in [4.78, 5) is 10.7. The maximum absolute atomic E-state index is 11.9. The Kier molecular flexibility index (Phi) is 3.52. The molecule has 0 bridgehead atoms. The summed E-state index contributed by atoms with van der Waals surface area (Å²) in [5.74, 6) is -1.45. The third-order valence-electron chi connectivity index (χ3n) is 1.73. The van der Waals surface area contributed by atoms with Crippen LogP contribution in [-0.4, -0.2) is 12.3 Å². The van der Waals surface area contributed by atoms with E-state index >= 15 is 0 Å². The molecule has 0 aliphatic heterocycles. The van der Waals surface area contributed by atoms with Gasteiger partial charge in [-0.1, -0.05) is 0 Å². The quantitative estimate of drug-likeness (QED) is 0.824. The van der Waals surface area contributed by atoms with Crippen molar-refractivity contribution < 1.29 is 13.6 Å². The van der Waals surface area contributed by atoms with Crippen molar-refractivity contribution >= 4 is 11.6 Å². The van der Waals surface area contributed by atoms with E-state index in [-0.39, 0.29) is 16.8 Å². The maximum atomic E-state index is 11.9. The lowest BCUT2D eigenvalue weighted by Gasteiger charge is -2.04. The van der Waals surface area contributed by atoms with Crippen LogP contribution < -0.4 is 5.32 Å². The van der Waals surface area contributed by atoms with Crippen molar-refractivity contribution in [2.75, 3.05) is 5.32 Å². The maximum Gasteiger partial charge on any atom is 0.315 e. The summed E-state index contributed by atoms with van der Waals surface area (Å²) >= 11 is 0. The monoisotopic (exact) mass is 221 g/mol. The lowest BCUT2D eigenvalue weighted by Crippen LogP contribution is -2.20. The molecule has 0 heterocycles. The highest BCUT2D eigenvalue weighted by Crippen LogP contribution is 2.15. The molecule has 0 aromatic heterocycles. The number of anilines is 1. The third-order valence-corrected chi connectivity index (χ3v) is 1.73. The summed E-state index contributed by atoms with van der Waals surface area (Å²) in [6, 6.07) is 7.21. The van der Waals surface area contributed by atoms with E-state index < -0.39 is 12.3 Å². The lowest BCUT2D eigenvalue weighted by molar-refractivity contribution is -0.126. The molecule has 80 valence electrons. The second-order valence-electron chi connectivity index (χ2n) is 2.77. The van der Waals surface area contributed by atoms with Crippen molar-refractivity contribution in [3.63, 3.8) is 0 Å². The minimum absolute atomic E-state index is 0.0227. The molecule has 4 nitrogen and oxygen atoms in total. The van der Waals surface area contributed by atoms with Gasteiger partial charge in [-0.2, -0.15) is 19.3 Å². The van der Waals surface area contributed by atoms with Gasteiger partial charge in [-0.05, 0) is 18.2 Å². The molecular formula is C10H5F2N3O. The number of hydrogen-bond acceptors (Lipinski definition) is 3. The van der Waals surface area contributed by atoms with Crippen molar-refractivity contribution in [3.05, 3.63) is 29.3 Å². The van der Waals surface area contributed by atoms with Gasteiger partial charge in [0.1, 0.15) is 12.1 Å². The van der Waals surface area contributed by atoms with Gasteiger partial charge in [0, 0.05) is 5.69 Å². The number of nitrogens with one attached hydrogen (secondary N) is 1. The molecule has 1 rings (SSSR count). The molecule has 1 amide bonds. The van der Waals surface area contributed by atoms with Crippen molar-refractivity contribution in [2.45, 2.75) is 6.43 Å². The van der Waals surface area contributed by atoms with E-state index in [9.17, 15) is 13.6 Å². The van der Waals surface area contributed by atoms with Crippen molar-refractivity contribution in [2.24, 2.45) is 0 Å². The highest BCUT2D eigenvalue weighted by atomic mass is 19.3. The van der Waals surface area contributed by atoms with Crippen LogP contribution in [0, 0.1) is 22.7 Å². The van der Waals surface area contributed by atoms with Gasteiger partial charge in [-0.25, -0.2) is 0 Å². The summed E-state index contributed by atoms with van der Waals surface area (Å²) in [7, 11) is 0. The van der Waals surface area contributed by atoms with Gasteiger partial charge in [0.05, 0.1) is 11.1 Å². The van der Waals surface area contributed by atoms with Gasteiger partial charge in [0.2, 0.25) is 0 Å². The minimum atomic E-state index is -3.12. The molecule has 0 fully saturated rings. The topological polar surface area (TPSA) is 76.7 Å². The number of amides is 1. The fourth-order valence-electron chi connectivity index (χ4n) is 1.01. The molecule has 0 aliphatic rings. The van der Waals surface area contributed by atoms with E-state index in [1.54, 1.807) is 12.1 Å². The Balaban J connectivity index is 2.98. The van der Waals surface area contributed by atoms with E-state index in [1.165, 1.54) is 18.2 Å². The molecule has 0 radical (unpaired) electrons. The Morgan fingerprint density at radius 3 is 2.38 bits per heavy atom. The average molecular weight is 221 g/mol. The third kappa shape index (κ3) is 2.52. The molecule has 1 aromatic carbocycles. The van der Waals surface area contributed by atoms with Gasteiger partial charge in [0.15, 0.2) is 0 Å². The van der Waals surface area contributed by atoms with E-state index in [1.807, 2.05) is 5.32 Å². The van der Waals surface area contributed by atoms with Gasteiger partial charge in [-0.3, -0.25) is 4.79 Å². The van der Waals surface area contributed by atoms with E-state index in [0.717, 1.165) is 0 Å². The zero-order valence-corrected chi connectivity index (χ0v) is 7.87. The van der Waals surface area contributed by atoms with Gasteiger partial charge >= 0.3 is 6.43 Å². The smallest absolute Gasteiger partial charge is 0.315 e. The van der Waals surface area contributed by atoms with Crippen LogP contribution in [0.25, 0.3) is 0 Å². The number of hydrogen-bond donors (Lipinski definition) is 1. The molecule has 0 atom stereocenters. The number of alkyl halides is 2. The van der Waals surface area contributed by atoms with Gasteiger partial charge in [-0.15, -0.1) is 0 Å². The van der Waals surface area contributed by atoms with E-state index in [2.05, 4.69) is 0 Å². The Morgan fingerprint density at radius 1 is 1.25 bits per heavy atom. The molecule has 6 heteroatoms. The normalized spacial score (nSPS) is 9.31. The predicted molar refractivity (Wildman–Crippen MR) is 50.5 cm³/mol. The summed E-state index contributed by atoms with van der Waals surface area (Å²) in [6.45, 7) is 0. The SMILES string of the molecule is N#Cc1ccc(NC(=O)C(F)F)cc1C#N. The van der Waals surface area contributed by atoms with Crippen LogP contribution in [0.3, 0.4) is 0 Å². The summed E-state index contributed by atoms with van der Waals surface area (Å²) < 4.78 is 23.8. The molecule has 1 N–H and O–H groups in total. The fourth-order valence-corrected chi connectivity index (χ4v) is 1.01. The average Bonchev–Trinajstić information content (AvgIpc) is 2.28. The standard InChI is InChI=1S/C10H5F2N3O/c11-9(12)10(16)15-8-2-1-6(4-13)7(3-8)5-14/h1-3,9H,(H,15,16). The Labute approximate surface area is 89.7 Å². The van der Waals surface area contributed by atoms with Crippen LogP contribution in [0.2, 0.25) is 0 Å². The molecule has 0 unspecified atom stereocenters. The fraction of sp³-hybridized carbons (Fsp3) is 0.100. The van der Waals surface area contributed by atoms with Crippen molar-refractivity contribution in [1.29, 1.82) is 10.5 Å². The Hall–Kier alpha value is -2.47. The van der Waals surface area contributed by atoms with Crippen LogP contribution in [0.5, 0.6) is 0 Å². The number of nitrogens with zero attached hydrogens (tertiary/aromatic N) is 2. The first-order valence-corrected chi connectivity index (χ1v) is 4.11. The molecule has 0 saturated heterocycles. The Morgan fingerprint density at radius 2 is 1.88 bits per heavy atom. The zero-order chi connectivity index (χ0) is 12.1. The summed E-state index contributed by atoms with van der Waals surface area (Å²) in [6.07, 6.45) is -3.12. The van der Waals surface area contributed by atoms with E-state index in [4.69, 9.17) is 10.5 Å². The molecule has 16 heavy (non-hydrogen) atoms. The number of carbonyl (C=O) groups is 1. The first-order chi connectivity index (χ1) is 7.58. The summed E-state index contributed by atoms with van der Waals surface area (Å²) in [5.41, 5.74) is 0.202. The van der Waals surface area contributed by atoms with Crippen molar-refractivity contribution in [3.8, 4) is 12.1 Å². The van der Waals surface area contributed by atoms with Crippen LogP contribution in [0.15, 0.2) is 18.2 Å². The van der Waals surface area contributed by atoms with Crippen molar-refractivity contribution in [1.82, 2.24) is 0 Å². The number of halogens is 2. The largest absolute Gasteiger partial charge is 0.321 e. The first kappa shape index (κ1) is 11.6. The van der Waals surface area contributed by atoms with Gasteiger partial charge < -0.3 is 5.32 Å². The molecule has 0 spiro atoms. The van der Waals surface area contributed by atoms with Gasteiger partial charge in [0.25, 0.3) is 5.91 Å². The molecule has 1 aromatic rings. The van der Waals surface area contributed by atoms with Crippen LogP contribution in [0.4, 0.5) is 14.5 Å². The molecule has 0 aliphatic carbocycles. The predicted octanol–water partition coefficient (Wildman–Crippen LogP) is 1.63. The highest BCUT2D eigenvalue weighted by molar-refractivity contribution is 5.93. The lowest BCUT2D eigenvalue weighted by atomic mass is 10.1. The second kappa shape index (κ2) is 4.85. The van der Waals surface area contributed by atoms with Crippen LogP contribution >= 0.6 is 0 Å². The van der Waals surface area contributed by atoms with Crippen LogP contribution in [-0.2, 0) is 4.79 Å². The zero-order valence-electron chi connectivity index (χ0n) is 7.87. The first-order valence-electron chi connectivity index (χ1n) is 4.11. The molecule has 0 saturated carbocycles. The minimum Gasteiger partial charge on any atom is -0.321 e. The number of benzene rings is 1. The number of nitriles is 2.